The maximum atomic E-state index is 12.0. The van der Waals surface area contributed by atoms with Crippen LogP contribution < -0.4 is 10.1 Å². The lowest BCUT2D eigenvalue weighted by atomic mass is 9.87. The first kappa shape index (κ1) is 32.7. The van der Waals surface area contributed by atoms with Crippen molar-refractivity contribution in [1.29, 1.82) is 0 Å². The normalized spacial score (nSPS) is 18.0. The smallest absolute Gasteiger partial charge is 0.407 e. The van der Waals surface area contributed by atoms with E-state index in [9.17, 15) is 19.0 Å². The fraction of sp³-hybridized carbons (Fsp3) is 0.424. The van der Waals surface area contributed by atoms with Crippen molar-refractivity contribution in [2.24, 2.45) is 0 Å². The molecule has 4 aromatic rings. The van der Waals surface area contributed by atoms with Crippen molar-refractivity contribution in [2.75, 3.05) is 19.7 Å². The molecule has 11 nitrogen and oxygen atoms in total. The van der Waals surface area contributed by atoms with Gasteiger partial charge in [0, 0.05) is 25.6 Å². The highest BCUT2D eigenvalue weighted by molar-refractivity contribution is 8.22. The Kier molecular flexibility index (Phi) is 9.71. The van der Waals surface area contributed by atoms with Crippen molar-refractivity contribution in [2.45, 2.75) is 76.6 Å². The molecular weight excluding hydrogens is 594 g/mol. The number of alkyl carbamates (subject to hydrolysis) is 1. The van der Waals surface area contributed by atoms with Crippen LogP contribution >= 0.6 is 10.8 Å². The number of para-hydroxylation sites is 1. The third-order valence-corrected chi connectivity index (χ3v) is 9.69. The Morgan fingerprint density at radius 1 is 1.13 bits per heavy atom. The monoisotopic (exact) mass is 637 g/mol. The molecule has 2 heterocycles. The first-order valence-electron chi connectivity index (χ1n) is 15.1. The van der Waals surface area contributed by atoms with E-state index in [4.69, 9.17) is 9.47 Å². The number of benzene rings is 3. The standard InChI is InChI=1S/C33H43N5O6S/c1-22-10-11-24(18-26(22)21-37-20-23(2)43-30-8-6-7-9-31(30)45(37,41)42)27(14-17-39)25-12-13-29-28(19-25)35-36-38(29)16-15-34-32(40)44-33(3,4)5/h6-13,18-19,23,27,39,41-42H,14-17,20-21H2,1-5H3,(H,34,40)/t23-,27?/m1/s1. The van der Waals surface area contributed by atoms with Crippen LogP contribution in [0.3, 0.4) is 0 Å². The Morgan fingerprint density at radius 3 is 2.62 bits per heavy atom. The molecule has 1 aliphatic rings. The lowest BCUT2D eigenvalue weighted by molar-refractivity contribution is 0.0525. The lowest BCUT2D eigenvalue weighted by Crippen LogP contribution is -2.34. The highest BCUT2D eigenvalue weighted by atomic mass is 32.3. The average molecular weight is 638 g/mol. The molecule has 1 unspecified atom stereocenters. The molecule has 1 aliphatic heterocycles. The number of rotatable bonds is 9. The zero-order valence-electron chi connectivity index (χ0n) is 26.4. The highest BCUT2D eigenvalue weighted by Crippen LogP contribution is 2.57. The van der Waals surface area contributed by atoms with E-state index < -0.39 is 22.5 Å². The topological polar surface area (TPSA) is 142 Å². The molecule has 3 aromatic carbocycles. The maximum Gasteiger partial charge on any atom is 0.407 e. The summed E-state index contributed by atoms with van der Waals surface area (Å²) in [5, 5.41) is 21.4. The Balaban J connectivity index is 1.37. The van der Waals surface area contributed by atoms with Crippen molar-refractivity contribution < 1.29 is 28.5 Å². The molecule has 0 saturated heterocycles. The average Bonchev–Trinajstić information content (AvgIpc) is 3.34. The molecule has 4 N–H and O–H groups in total. The van der Waals surface area contributed by atoms with Crippen LogP contribution in [-0.4, -0.2) is 71.0 Å². The second kappa shape index (κ2) is 13.4. The third-order valence-electron chi connectivity index (χ3n) is 7.77. The molecule has 2 atom stereocenters. The van der Waals surface area contributed by atoms with Crippen molar-refractivity contribution in [3.8, 4) is 5.75 Å². The van der Waals surface area contributed by atoms with E-state index >= 15 is 0 Å². The van der Waals surface area contributed by atoms with Gasteiger partial charge in [0.15, 0.2) is 0 Å². The van der Waals surface area contributed by atoms with Crippen LogP contribution in [0.4, 0.5) is 4.79 Å². The summed E-state index contributed by atoms with van der Waals surface area (Å²) in [5.74, 6) is 0.373. The fourth-order valence-electron chi connectivity index (χ4n) is 5.58. The predicted octanol–water partition coefficient (Wildman–Crippen LogP) is 6.09. The van der Waals surface area contributed by atoms with Gasteiger partial charge >= 0.3 is 6.09 Å². The van der Waals surface area contributed by atoms with Gasteiger partial charge in [-0.25, -0.2) is 9.48 Å². The van der Waals surface area contributed by atoms with Crippen LogP contribution in [0.5, 0.6) is 5.75 Å². The number of aliphatic hydroxyl groups is 1. The second-order valence-electron chi connectivity index (χ2n) is 12.5. The van der Waals surface area contributed by atoms with Crippen LogP contribution in [-0.2, 0) is 17.8 Å². The number of aromatic nitrogens is 3. The van der Waals surface area contributed by atoms with Crippen molar-refractivity contribution in [3.63, 3.8) is 0 Å². The number of fused-ring (bicyclic) bond motifs is 2. The molecule has 45 heavy (non-hydrogen) atoms. The molecule has 0 saturated carbocycles. The summed E-state index contributed by atoms with van der Waals surface area (Å²) in [6.07, 6.45) is -0.218. The number of hydrogen-bond acceptors (Lipinski definition) is 9. The number of hydrogen-bond donors (Lipinski definition) is 4. The number of amides is 1. The van der Waals surface area contributed by atoms with E-state index in [0.29, 0.717) is 48.8 Å². The van der Waals surface area contributed by atoms with Gasteiger partial charge in [0.2, 0.25) is 0 Å². The van der Waals surface area contributed by atoms with Crippen molar-refractivity contribution in [3.05, 3.63) is 82.9 Å². The van der Waals surface area contributed by atoms with Gasteiger partial charge in [0.05, 0.1) is 18.6 Å². The third kappa shape index (κ3) is 7.59. The van der Waals surface area contributed by atoms with Gasteiger partial charge in [-0.15, -0.1) is 15.9 Å². The van der Waals surface area contributed by atoms with Gasteiger partial charge in [-0.2, -0.15) is 4.31 Å². The summed E-state index contributed by atoms with van der Waals surface area (Å²) in [5.41, 5.74) is 4.97. The van der Waals surface area contributed by atoms with E-state index in [1.165, 1.54) is 0 Å². The summed E-state index contributed by atoms with van der Waals surface area (Å²) in [7, 11) is -3.28. The molecule has 1 amide bonds. The minimum absolute atomic E-state index is 0.00671. The minimum Gasteiger partial charge on any atom is -0.487 e. The molecule has 0 bridgehead atoms. The van der Waals surface area contributed by atoms with Gasteiger partial charge in [-0.05, 0) is 87.6 Å². The molecule has 0 fully saturated rings. The molecular formula is C33H43N5O6S. The number of aryl methyl sites for hydroxylation is 1. The summed E-state index contributed by atoms with van der Waals surface area (Å²) >= 11 is 0. The largest absolute Gasteiger partial charge is 0.487 e. The molecule has 242 valence electrons. The number of nitrogens with zero attached hydrogens (tertiary/aromatic N) is 4. The summed E-state index contributed by atoms with van der Waals surface area (Å²) < 4.78 is 37.6. The lowest BCUT2D eigenvalue weighted by Gasteiger charge is -2.42. The fourth-order valence-corrected chi connectivity index (χ4v) is 7.25. The Morgan fingerprint density at radius 2 is 1.87 bits per heavy atom. The van der Waals surface area contributed by atoms with E-state index in [1.54, 1.807) is 27.2 Å². The van der Waals surface area contributed by atoms with Crippen LogP contribution in [0.2, 0.25) is 0 Å². The highest BCUT2D eigenvalue weighted by Gasteiger charge is 2.34. The SMILES string of the molecule is Cc1ccc(C(CCO)c2ccc3c(c2)nnn3CCNC(=O)OC(C)(C)C)cc1CN1C[C@@H](C)Oc2ccccc2S1(O)O. The van der Waals surface area contributed by atoms with Gasteiger partial charge in [-0.3, -0.25) is 9.11 Å². The molecule has 5 rings (SSSR count). The first-order chi connectivity index (χ1) is 21.4. The number of aliphatic hydroxyl groups excluding tert-OH is 1. The minimum atomic E-state index is -3.28. The zero-order chi connectivity index (χ0) is 32.4. The van der Waals surface area contributed by atoms with E-state index in [2.05, 4.69) is 27.8 Å². The molecule has 1 aromatic heterocycles. The summed E-state index contributed by atoms with van der Waals surface area (Å²) in [6, 6.07) is 19.2. The number of carbonyl (C=O) groups excluding carboxylic acids is 1. The van der Waals surface area contributed by atoms with Crippen LogP contribution in [0, 0.1) is 6.92 Å². The van der Waals surface area contributed by atoms with Gasteiger partial charge < -0.3 is 19.9 Å². The van der Waals surface area contributed by atoms with Gasteiger partial charge in [-0.1, -0.05) is 41.6 Å². The second-order valence-corrected chi connectivity index (χ2v) is 14.5. The van der Waals surface area contributed by atoms with Crippen LogP contribution in [0.15, 0.2) is 65.6 Å². The quantitative estimate of drug-likeness (QED) is 0.172. The summed E-state index contributed by atoms with van der Waals surface area (Å²) in [4.78, 5) is 12.4. The number of nitrogens with one attached hydrogen (secondary N) is 1. The van der Waals surface area contributed by atoms with E-state index in [1.807, 2.05) is 65.0 Å². The molecule has 12 heteroatoms. The van der Waals surface area contributed by atoms with Gasteiger partial charge in [0.1, 0.15) is 27.9 Å². The van der Waals surface area contributed by atoms with E-state index in [-0.39, 0.29) is 18.6 Å². The van der Waals surface area contributed by atoms with Crippen molar-refractivity contribution >= 4 is 27.9 Å². The maximum absolute atomic E-state index is 12.0. The Hall–Kier alpha value is -3.68. The van der Waals surface area contributed by atoms with Gasteiger partial charge in [0.25, 0.3) is 0 Å². The number of carbonyl (C=O) groups is 1. The molecule has 0 spiro atoms. The van der Waals surface area contributed by atoms with Crippen LogP contribution in [0.25, 0.3) is 11.0 Å². The first-order valence-corrected chi connectivity index (χ1v) is 16.7. The van der Waals surface area contributed by atoms with Crippen molar-refractivity contribution in [1.82, 2.24) is 24.6 Å². The molecule has 0 radical (unpaired) electrons. The number of ether oxygens (including phenoxy) is 2. The van der Waals surface area contributed by atoms with E-state index in [0.717, 1.165) is 27.8 Å². The Bertz CT molecular complexity index is 1650. The molecule has 0 aliphatic carbocycles. The Labute approximate surface area is 265 Å². The van der Waals surface area contributed by atoms with Crippen LogP contribution in [0.1, 0.15) is 62.3 Å². The zero-order valence-corrected chi connectivity index (χ0v) is 27.3. The predicted molar refractivity (Wildman–Crippen MR) is 175 cm³/mol. The summed E-state index contributed by atoms with van der Waals surface area (Å²) in [6.45, 7) is 10.8.